The second kappa shape index (κ2) is 16.4. The minimum Gasteiger partial charge on any atom is -0.355 e. The molecule has 55 heavy (non-hydrogen) atoms. The molecular weight excluding hydrogens is 731 g/mol. The molecule has 292 valence electrons. The molecular formula is C44H54N3O6S2+. The van der Waals surface area contributed by atoms with Crippen LogP contribution in [0.25, 0.3) is 0 Å². The third-order valence-electron chi connectivity index (χ3n) is 11.1. The molecule has 0 bridgehead atoms. The highest BCUT2D eigenvalue weighted by Crippen LogP contribution is 2.48. The van der Waals surface area contributed by atoms with Crippen molar-refractivity contribution in [3.63, 3.8) is 0 Å². The molecule has 9 nitrogen and oxygen atoms in total. The molecule has 0 saturated carbocycles. The Balaban J connectivity index is 1.39. The van der Waals surface area contributed by atoms with Gasteiger partial charge in [-0.05, 0) is 93.4 Å². The van der Waals surface area contributed by atoms with Gasteiger partial charge in [-0.3, -0.25) is 9.11 Å². The van der Waals surface area contributed by atoms with Gasteiger partial charge in [-0.15, -0.1) is 0 Å². The average molecular weight is 785 g/mol. The topological polar surface area (TPSA) is 127 Å². The smallest absolute Gasteiger partial charge is 0.264 e. The van der Waals surface area contributed by atoms with Crippen LogP contribution in [0, 0.1) is 0 Å². The van der Waals surface area contributed by atoms with Crippen LogP contribution in [0.15, 0.2) is 126 Å². The van der Waals surface area contributed by atoms with Crippen molar-refractivity contribution in [2.45, 2.75) is 83.5 Å². The summed E-state index contributed by atoms with van der Waals surface area (Å²) in [6.45, 7) is 10.2. The number of fused-ring (bicyclic) bond motifs is 2. The molecule has 0 aromatic heterocycles. The van der Waals surface area contributed by atoms with Crippen LogP contribution in [0.1, 0.15) is 83.8 Å². The molecule has 0 atom stereocenters. The van der Waals surface area contributed by atoms with Gasteiger partial charge in [0.2, 0.25) is 5.69 Å². The fourth-order valence-corrected chi connectivity index (χ4v) is 9.45. The lowest BCUT2D eigenvalue weighted by Gasteiger charge is -2.28. The number of nitrogens with zero attached hydrogens (tertiary/aromatic N) is 2. The normalized spacial score (nSPS) is 19.5. The van der Waals surface area contributed by atoms with E-state index in [1.807, 2.05) is 30.3 Å². The Bertz CT molecular complexity index is 2290. The van der Waals surface area contributed by atoms with Gasteiger partial charge in [0.1, 0.15) is 6.54 Å². The Morgan fingerprint density at radius 3 is 2.07 bits per heavy atom. The number of benzene rings is 3. The Kier molecular flexibility index (Phi) is 12.1. The Morgan fingerprint density at radius 1 is 0.727 bits per heavy atom. The summed E-state index contributed by atoms with van der Waals surface area (Å²) in [4.78, 5) is 2.30. The van der Waals surface area contributed by atoms with Crippen molar-refractivity contribution in [3.05, 3.63) is 137 Å². The van der Waals surface area contributed by atoms with E-state index in [9.17, 15) is 25.9 Å². The quantitative estimate of drug-likeness (QED) is 0.0792. The molecule has 3 aromatic rings. The van der Waals surface area contributed by atoms with Gasteiger partial charge in [0, 0.05) is 58.9 Å². The van der Waals surface area contributed by atoms with Gasteiger partial charge >= 0.3 is 0 Å². The molecule has 2 heterocycles. The third-order valence-corrected chi connectivity index (χ3v) is 12.7. The van der Waals surface area contributed by atoms with E-state index >= 15 is 0 Å². The van der Waals surface area contributed by atoms with Gasteiger partial charge in [0.25, 0.3) is 20.2 Å². The van der Waals surface area contributed by atoms with Crippen molar-refractivity contribution < 1.29 is 30.5 Å². The molecule has 3 N–H and O–H groups in total. The second-order valence-electron chi connectivity index (χ2n) is 15.8. The number of unbranched alkanes of at least 4 members (excludes halogenated alkanes) is 2. The van der Waals surface area contributed by atoms with Gasteiger partial charge < -0.3 is 10.2 Å². The van der Waals surface area contributed by atoms with E-state index < -0.39 is 20.2 Å². The zero-order chi connectivity index (χ0) is 39.4. The summed E-state index contributed by atoms with van der Waals surface area (Å²) in [6, 6.07) is 27.0. The molecule has 0 fully saturated rings. The lowest BCUT2D eigenvalue weighted by atomic mass is 9.81. The molecule has 0 amide bonds. The minimum atomic E-state index is -4.02. The zero-order valence-corrected chi connectivity index (χ0v) is 34.0. The maximum absolute atomic E-state index is 11.4. The van der Waals surface area contributed by atoms with Gasteiger partial charge in [-0.1, -0.05) is 80.6 Å². The number of para-hydroxylation sites is 3. The number of anilines is 2. The van der Waals surface area contributed by atoms with E-state index in [1.54, 1.807) is 0 Å². The van der Waals surface area contributed by atoms with E-state index in [1.165, 1.54) is 22.3 Å². The standard InChI is InChI=1S/C44H53N3O6S2/c1-43(2)36-21-8-10-23-38(36)46(29-12-14-31-54(48,49)50)40(43)27-25-33-17-16-18-34(42(33)45-35-19-6-5-7-20-35)26-28-41-44(3,4)37-22-9-11-24-39(37)47(41)30-13-15-32-55(51,52)53/h5-11,19-28H,12-18,29-32H2,1-4H3,(H2,48,49,50,51,52,53)/p+1/b33-25+,40-27+. The largest absolute Gasteiger partial charge is 0.355 e. The van der Waals surface area contributed by atoms with Crippen molar-refractivity contribution in [1.82, 2.24) is 0 Å². The van der Waals surface area contributed by atoms with Crippen molar-refractivity contribution in [2.24, 2.45) is 0 Å². The fourth-order valence-electron chi connectivity index (χ4n) is 8.32. The molecule has 6 rings (SSSR count). The zero-order valence-electron chi connectivity index (χ0n) is 32.3. The van der Waals surface area contributed by atoms with Gasteiger partial charge in [0.05, 0.1) is 16.9 Å². The predicted octanol–water partition coefficient (Wildman–Crippen LogP) is 9.11. The van der Waals surface area contributed by atoms with Crippen molar-refractivity contribution in [2.75, 3.05) is 34.8 Å². The average Bonchev–Trinajstić information content (AvgIpc) is 3.48. The summed E-state index contributed by atoms with van der Waals surface area (Å²) in [7, 11) is -8.03. The Hall–Kier alpha value is -4.29. The summed E-state index contributed by atoms with van der Waals surface area (Å²) < 4.78 is 66.7. The molecule has 1 aliphatic carbocycles. The summed E-state index contributed by atoms with van der Waals surface area (Å²) in [5.74, 6) is -0.502. The van der Waals surface area contributed by atoms with Crippen molar-refractivity contribution >= 4 is 43.0 Å². The first-order valence-electron chi connectivity index (χ1n) is 19.2. The van der Waals surface area contributed by atoms with E-state index in [0.717, 1.165) is 53.4 Å². The molecule has 3 aliphatic rings. The fraction of sp³-hybridized carbons (Fsp3) is 0.386. The highest BCUT2D eigenvalue weighted by Gasteiger charge is 2.44. The SMILES string of the molecule is CC1(C)C(/C=C/C2=C(Nc3ccccc3)C(=C/C=C3/N(CCCCS(=O)(=O)O)c4ccccc4C3(C)C)/CCC2)=[N+](CCCCS(=O)(=O)O)c2ccccc21. The van der Waals surface area contributed by atoms with Crippen LogP contribution in [0.2, 0.25) is 0 Å². The van der Waals surface area contributed by atoms with Crippen LogP contribution >= 0.6 is 0 Å². The molecule has 3 aromatic carbocycles. The van der Waals surface area contributed by atoms with Gasteiger partial charge in [-0.25, -0.2) is 0 Å². The molecule has 0 radical (unpaired) electrons. The first-order valence-corrected chi connectivity index (χ1v) is 22.4. The van der Waals surface area contributed by atoms with Gasteiger partial charge in [-0.2, -0.15) is 21.4 Å². The first-order chi connectivity index (χ1) is 26.1. The minimum absolute atomic E-state index is 0.251. The molecule has 0 unspecified atom stereocenters. The van der Waals surface area contributed by atoms with Crippen molar-refractivity contribution in [1.29, 1.82) is 0 Å². The molecule has 11 heteroatoms. The van der Waals surface area contributed by atoms with E-state index in [2.05, 4.69) is 115 Å². The summed E-state index contributed by atoms with van der Waals surface area (Å²) in [5.41, 5.74) is 10.9. The lowest BCUT2D eigenvalue weighted by Crippen LogP contribution is -2.28. The number of rotatable bonds is 15. The van der Waals surface area contributed by atoms with Crippen LogP contribution in [0.4, 0.5) is 17.1 Å². The molecule has 0 saturated heterocycles. The highest BCUT2D eigenvalue weighted by atomic mass is 32.2. The molecule has 0 spiro atoms. The summed E-state index contributed by atoms with van der Waals surface area (Å²) in [5, 5.41) is 3.78. The highest BCUT2D eigenvalue weighted by molar-refractivity contribution is 7.86. The van der Waals surface area contributed by atoms with Crippen LogP contribution < -0.4 is 10.2 Å². The maximum Gasteiger partial charge on any atom is 0.264 e. The lowest BCUT2D eigenvalue weighted by molar-refractivity contribution is -0.438. The van der Waals surface area contributed by atoms with E-state index in [0.29, 0.717) is 38.8 Å². The number of nitrogens with one attached hydrogen (secondary N) is 1. The summed E-state index contributed by atoms with van der Waals surface area (Å²) >= 11 is 0. The summed E-state index contributed by atoms with van der Waals surface area (Å²) in [6.07, 6.45) is 13.7. The van der Waals surface area contributed by atoms with Crippen LogP contribution in [-0.4, -0.2) is 60.8 Å². The number of hydrogen-bond acceptors (Lipinski definition) is 6. The third kappa shape index (κ3) is 9.40. The Labute approximate surface area is 327 Å². The maximum atomic E-state index is 11.4. The number of allylic oxidation sites excluding steroid dienone is 7. The first kappa shape index (κ1) is 40.4. The number of hydrogen-bond donors (Lipinski definition) is 3. The van der Waals surface area contributed by atoms with Crippen molar-refractivity contribution in [3.8, 4) is 0 Å². The van der Waals surface area contributed by atoms with Crippen LogP contribution in [0.5, 0.6) is 0 Å². The Morgan fingerprint density at radius 2 is 1.36 bits per heavy atom. The monoisotopic (exact) mass is 784 g/mol. The second-order valence-corrected chi connectivity index (χ2v) is 18.9. The van der Waals surface area contributed by atoms with E-state index in [4.69, 9.17) is 0 Å². The molecule has 2 aliphatic heterocycles. The van der Waals surface area contributed by atoms with Crippen LogP contribution in [0.3, 0.4) is 0 Å². The predicted molar refractivity (Wildman–Crippen MR) is 224 cm³/mol. The van der Waals surface area contributed by atoms with E-state index in [-0.39, 0.29) is 22.3 Å². The van der Waals surface area contributed by atoms with Crippen LogP contribution in [-0.2, 0) is 31.1 Å². The van der Waals surface area contributed by atoms with Gasteiger partial charge in [0.15, 0.2) is 5.71 Å².